The summed E-state index contributed by atoms with van der Waals surface area (Å²) < 4.78 is 0. The maximum atomic E-state index is 3.78. The van der Waals surface area contributed by atoms with Crippen molar-refractivity contribution in [1.82, 2.24) is 5.32 Å². The number of hydrogen-bond donors (Lipinski definition) is 1. The van der Waals surface area contributed by atoms with Gasteiger partial charge in [0.15, 0.2) is 0 Å². The van der Waals surface area contributed by atoms with Crippen LogP contribution in [0, 0.1) is 5.92 Å². The van der Waals surface area contributed by atoms with Crippen molar-refractivity contribution in [3.63, 3.8) is 0 Å². The van der Waals surface area contributed by atoms with Crippen molar-refractivity contribution in [1.29, 1.82) is 0 Å². The Morgan fingerprint density at radius 2 is 1.81 bits per heavy atom. The van der Waals surface area contributed by atoms with Crippen LogP contribution < -0.4 is 5.32 Å². The van der Waals surface area contributed by atoms with E-state index in [2.05, 4.69) is 49.5 Å². The van der Waals surface area contributed by atoms with Crippen LogP contribution in [0.15, 0.2) is 30.3 Å². The molecule has 0 aliphatic heterocycles. The molecule has 1 aromatic rings. The molecule has 0 radical (unpaired) electrons. The monoisotopic (exact) mass is 217 g/mol. The van der Waals surface area contributed by atoms with Gasteiger partial charge in [-0.2, -0.15) is 0 Å². The van der Waals surface area contributed by atoms with Crippen molar-refractivity contribution < 1.29 is 0 Å². The van der Waals surface area contributed by atoms with Crippen molar-refractivity contribution in [3.05, 3.63) is 35.9 Å². The van der Waals surface area contributed by atoms with Gasteiger partial charge in [-0.3, -0.25) is 0 Å². The summed E-state index contributed by atoms with van der Waals surface area (Å²) in [7, 11) is 0. The quantitative estimate of drug-likeness (QED) is 0.809. The van der Waals surface area contributed by atoms with Crippen molar-refractivity contribution in [2.75, 3.05) is 0 Å². The smallest absolute Gasteiger partial charge is 0.0294 e. The first-order valence-corrected chi connectivity index (χ1v) is 6.58. The topological polar surface area (TPSA) is 12.0 Å². The molecular weight excluding hydrogens is 194 g/mol. The molecule has 0 spiro atoms. The van der Waals surface area contributed by atoms with E-state index in [0.717, 1.165) is 5.92 Å². The predicted octanol–water partition coefficient (Wildman–Crippen LogP) is 3.92. The molecule has 1 N–H and O–H groups in total. The molecule has 1 aliphatic rings. The van der Waals surface area contributed by atoms with Gasteiger partial charge in [0.25, 0.3) is 0 Å². The molecule has 0 amide bonds. The summed E-state index contributed by atoms with van der Waals surface area (Å²) in [6.45, 7) is 4.66. The van der Waals surface area contributed by atoms with E-state index in [1.165, 1.54) is 31.2 Å². The third-order valence-electron chi connectivity index (χ3n) is 3.88. The van der Waals surface area contributed by atoms with Crippen molar-refractivity contribution in [3.8, 4) is 0 Å². The van der Waals surface area contributed by atoms with Gasteiger partial charge in [0.05, 0.1) is 0 Å². The minimum atomic E-state index is 0.478. The van der Waals surface area contributed by atoms with E-state index in [-0.39, 0.29) is 0 Å². The lowest BCUT2D eigenvalue weighted by molar-refractivity contribution is 0.263. The van der Waals surface area contributed by atoms with E-state index in [4.69, 9.17) is 0 Å². The second-order valence-electron chi connectivity index (χ2n) is 5.17. The van der Waals surface area contributed by atoms with E-state index in [1.54, 1.807) is 0 Å². The first kappa shape index (κ1) is 11.7. The lowest BCUT2D eigenvalue weighted by atomic mass is 9.85. The summed E-state index contributed by atoms with van der Waals surface area (Å²) in [5.74, 6) is 0.833. The predicted molar refractivity (Wildman–Crippen MR) is 69.4 cm³/mol. The number of nitrogens with one attached hydrogen (secondary N) is 1. The van der Waals surface area contributed by atoms with Gasteiger partial charge < -0.3 is 5.32 Å². The molecule has 2 unspecified atom stereocenters. The Morgan fingerprint density at radius 1 is 1.12 bits per heavy atom. The number of hydrogen-bond acceptors (Lipinski definition) is 1. The van der Waals surface area contributed by atoms with Gasteiger partial charge >= 0.3 is 0 Å². The maximum Gasteiger partial charge on any atom is 0.0294 e. The van der Waals surface area contributed by atoms with E-state index in [9.17, 15) is 0 Å². The minimum absolute atomic E-state index is 0.478. The van der Waals surface area contributed by atoms with E-state index in [1.807, 2.05) is 0 Å². The fraction of sp³-hybridized carbons (Fsp3) is 0.600. The van der Waals surface area contributed by atoms with Gasteiger partial charge in [0.2, 0.25) is 0 Å². The van der Waals surface area contributed by atoms with Gasteiger partial charge in [0, 0.05) is 12.1 Å². The third kappa shape index (κ3) is 2.85. The van der Waals surface area contributed by atoms with Crippen molar-refractivity contribution in [2.24, 2.45) is 5.92 Å². The second-order valence-corrected chi connectivity index (χ2v) is 5.17. The zero-order valence-electron chi connectivity index (χ0n) is 10.4. The van der Waals surface area contributed by atoms with E-state index < -0.39 is 0 Å². The standard InChI is InChI=1S/C15H23N/c1-12-8-6-7-11-15(12)16-13(2)14-9-4-3-5-10-14/h3-5,9-10,12-13,15-16H,6-8,11H2,1-2H3/t12-,13?,15?/m1/s1. The molecule has 1 aliphatic carbocycles. The summed E-state index contributed by atoms with van der Waals surface area (Å²) in [4.78, 5) is 0. The Morgan fingerprint density at radius 3 is 2.50 bits per heavy atom. The molecule has 1 fully saturated rings. The minimum Gasteiger partial charge on any atom is -0.307 e. The highest BCUT2D eigenvalue weighted by Crippen LogP contribution is 2.26. The molecular formula is C15H23N. The third-order valence-corrected chi connectivity index (χ3v) is 3.88. The van der Waals surface area contributed by atoms with Crippen LogP contribution in [0.2, 0.25) is 0 Å². The summed E-state index contributed by atoms with van der Waals surface area (Å²) in [6, 6.07) is 11.9. The summed E-state index contributed by atoms with van der Waals surface area (Å²) in [5, 5.41) is 3.78. The van der Waals surface area contributed by atoms with Crippen molar-refractivity contribution in [2.45, 2.75) is 51.6 Å². The Bertz CT molecular complexity index is 306. The number of benzene rings is 1. The molecule has 88 valence electrons. The lowest BCUT2D eigenvalue weighted by Crippen LogP contribution is -2.38. The molecule has 0 aromatic heterocycles. The zero-order valence-corrected chi connectivity index (χ0v) is 10.4. The fourth-order valence-corrected chi connectivity index (χ4v) is 2.72. The summed E-state index contributed by atoms with van der Waals surface area (Å²) in [6.07, 6.45) is 5.54. The molecule has 1 aromatic carbocycles. The molecule has 1 saturated carbocycles. The average molecular weight is 217 g/mol. The van der Waals surface area contributed by atoms with Gasteiger partial charge in [-0.05, 0) is 31.2 Å². The Balaban J connectivity index is 1.94. The Kier molecular flexibility index (Phi) is 4.00. The van der Waals surface area contributed by atoms with Gasteiger partial charge in [-0.15, -0.1) is 0 Å². The Hall–Kier alpha value is -0.820. The van der Waals surface area contributed by atoms with Crippen molar-refractivity contribution >= 4 is 0 Å². The lowest BCUT2D eigenvalue weighted by Gasteiger charge is -2.32. The molecule has 0 heterocycles. The van der Waals surface area contributed by atoms with Gasteiger partial charge in [-0.1, -0.05) is 50.1 Å². The highest BCUT2D eigenvalue weighted by Gasteiger charge is 2.22. The summed E-state index contributed by atoms with van der Waals surface area (Å²) in [5.41, 5.74) is 1.40. The highest BCUT2D eigenvalue weighted by molar-refractivity contribution is 5.18. The van der Waals surface area contributed by atoms with Crippen LogP contribution in [-0.4, -0.2) is 6.04 Å². The summed E-state index contributed by atoms with van der Waals surface area (Å²) >= 11 is 0. The highest BCUT2D eigenvalue weighted by atomic mass is 15.0. The van der Waals surface area contributed by atoms with E-state index >= 15 is 0 Å². The molecule has 0 bridgehead atoms. The van der Waals surface area contributed by atoms with Crippen LogP contribution in [0.4, 0.5) is 0 Å². The van der Waals surface area contributed by atoms with Crippen LogP contribution in [0.5, 0.6) is 0 Å². The van der Waals surface area contributed by atoms with Crippen LogP contribution in [0.25, 0.3) is 0 Å². The first-order chi connectivity index (χ1) is 7.77. The maximum absolute atomic E-state index is 3.78. The molecule has 3 atom stereocenters. The molecule has 2 rings (SSSR count). The van der Waals surface area contributed by atoms with Crippen LogP contribution in [-0.2, 0) is 0 Å². The van der Waals surface area contributed by atoms with Gasteiger partial charge in [-0.25, -0.2) is 0 Å². The van der Waals surface area contributed by atoms with E-state index in [0.29, 0.717) is 12.1 Å². The normalized spacial score (nSPS) is 27.6. The first-order valence-electron chi connectivity index (χ1n) is 6.58. The van der Waals surface area contributed by atoms with Gasteiger partial charge in [0.1, 0.15) is 0 Å². The number of rotatable bonds is 3. The van der Waals surface area contributed by atoms with Crippen LogP contribution >= 0.6 is 0 Å². The molecule has 1 nitrogen and oxygen atoms in total. The fourth-order valence-electron chi connectivity index (χ4n) is 2.72. The zero-order chi connectivity index (χ0) is 11.4. The molecule has 0 saturated heterocycles. The average Bonchev–Trinajstić information content (AvgIpc) is 2.33. The molecule has 1 heteroatoms. The second kappa shape index (κ2) is 5.49. The largest absolute Gasteiger partial charge is 0.307 e. The van der Waals surface area contributed by atoms with Crippen LogP contribution in [0.3, 0.4) is 0 Å². The Labute approximate surface area is 99.3 Å². The van der Waals surface area contributed by atoms with Crippen LogP contribution in [0.1, 0.15) is 51.1 Å². The SMILES string of the molecule is CC(NC1CCCC[C@H]1C)c1ccccc1. The molecule has 16 heavy (non-hydrogen) atoms.